The molecule has 5 nitrogen and oxygen atoms in total. The number of halogens is 1. The quantitative estimate of drug-likeness (QED) is 0.905. The van der Waals surface area contributed by atoms with Gasteiger partial charge in [0.2, 0.25) is 0 Å². The van der Waals surface area contributed by atoms with Gasteiger partial charge in [0, 0.05) is 13.1 Å². The number of nitrogens with zero attached hydrogens (tertiary/aromatic N) is 1. The molecule has 6 heteroatoms. The Labute approximate surface area is 108 Å². The van der Waals surface area contributed by atoms with Crippen molar-refractivity contribution in [3.63, 3.8) is 0 Å². The fourth-order valence-electron chi connectivity index (χ4n) is 1.38. The van der Waals surface area contributed by atoms with E-state index in [2.05, 4.69) is 15.9 Å². The third kappa shape index (κ3) is 3.33. The molecule has 17 heavy (non-hydrogen) atoms. The first-order valence-electron chi connectivity index (χ1n) is 5.22. The average Bonchev–Trinajstić information content (AvgIpc) is 2.70. The fourth-order valence-corrected chi connectivity index (χ4v) is 1.79. The number of hydrogen-bond acceptors (Lipinski definition) is 3. The second kappa shape index (κ2) is 5.86. The number of rotatable bonds is 5. The molecule has 0 spiro atoms. The van der Waals surface area contributed by atoms with Gasteiger partial charge in [0.1, 0.15) is 0 Å². The standard InChI is InChI=1S/C11H14BrNO4/c1-3-13(6-7(2)11(15)16)10(14)8-4-5-17-9(8)12/h4-5,7H,3,6H2,1-2H3,(H,15,16). The summed E-state index contributed by atoms with van der Waals surface area (Å²) in [6.07, 6.45) is 1.41. The van der Waals surface area contributed by atoms with Gasteiger partial charge < -0.3 is 14.4 Å². The van der Waals surface area contributed by atoms with Gasteiger partial charge >= 0.3 is 5.97 Å². The Morgan fingerprint density at radius 1 is 1.59 bits per heavy atom. The summed E-state index contributed by atoms with van der Waals surface area (Å²) in [5.41, 5.74) is 0.407. The Morgan fingerprint density at radius 2 is 2.24 bits per heavy atom. The van der Waals surface area contributed by atoms with Gasteiger partial charge in [-0.25, -0.2) is 0 Å². The first-order valence-corrected chi connectivity index (χ1v) is 6.01. The molecule has 1 atom stereocenters. The highest BCUT2D eigenvalue weighted by Crippen LogP contribution is 2.19. The van der Waals surface area contributed by atoms with E-state index in [0.717, 1.165) is 0 Å². The third-order valence-corrected chi connectivity index (χ3v) is 3.05. The van der Waals surface area contributed by atoms with Gasteiger partial charge in [-0.2, -0.15) is 0 Å². The Balaban J connectivity index is 2.78. The monoisotopic (exact) mass is 303 g/mol. The van der Waals surface area contributed by atoms with E-state index in [-0.39, 0.29) is 12.5 Å². The van der Waals surface area contributed by atoms with Crippen LogP contribution in [0, 0.1) is 5.92 Å². The Morgan fingerprint density at radius 3 is 2.65 bits per heavy atom. The number of furan rings is 1. The SMILES string of the molecule is CCN(CC(C)C(=O)O)C(=O)c1ccoc1Br. The largest absolute Gasteiger partial charge is 0.481 e. The molecule has 0 aliphatic heterocycles. The lowest BCUT2D eigenvalue weighted by atomic mass is 10.1. The molecule has 0 radical (unpaired) electrons. The lowest BCUT2D eigenvalue weighted by Crippen LogP contribution is -2.36. The van der Waals surface area contributed by atoms with Crippen LogP contribution in [0.3, 0.4) is 0 Å². The molecule has 1 rings (SSSR count). The van der Waals surface area contributed by atoms with E-state index in [9.17, 15) is 9.59 Å². The van der Waals surface area contributed by atoms with Crippen LogP contribution >= 0.6 is 15.9 Å². The molecule has 1 N–H and O–H groups in total. The number of carboxylic acid groups (broad SMARTS) is 1. The van der Waals surface area contributed by atoms with Crippen LogP contribution in [0.15, 0.2) is 21.4 Å². The van der Waals surface area contributed by atoms with Crippen molar-refractivity contribution in [2.75, 3.05) is 13.1 Å². The van der Waals surface area contributed by atoms with Crippen LogP contribution in [0.5, 0.6) is 0 Å². The van der Waals surface area contributed by atoms with Crippen LogP contribution in [0.2, 0.25) is 0 Å². The third-order valence-electron chi connectivity index (χ3n) is 2.43. The van der Waals surface area contributed by atoms with Crippen molar-refractivity contribution < 1.29 is 19.1 Å². The molecule has 1 heterocycles. The van der Waals surface area contributed by atoms with E-state index in [1.54, 1.807) is 19.9 Å². The Kier molecular flexibility index (Phi) is 4.74. The summed E-state index contributed by atoms with van der Waals surface area (Å²) < 4.78 is 5.35. The van der Waals surface area contributed by atoms with Gasteiger partial charge in [-0.3, -0.25) is 9.59 Å². The lowest BCUT2D eigenvalue weighted by Gasteiger charge is -2.22. The van der Waals surface area contributed by atoms with Gasteiger partial charge in [-0.05, 0) is 28.9 Å². The highest BCUT2D eigenvalue weighted by Gasteiger charge is 2.22. The summed E-state index contributed by atoms with van der Waals surface area (Å²) in [5, 5.41) is 8.83. The zero-order valence-corrected chi connectivity index (χ0v) is 11.2. The van der Waals surface area contributed by atoms with Crippen LogP contribution in [0.25, 0.3) is 0 Å². The van der Waals surface area contributed by atoms with Crippen molar-refractivity contribution >= 4 is 27.8 Å². The van der Waals surface area contributed by atoms with Crippen molar-refractivity contribution in [1.29, 1.82) is 0 Å². The summed E-state index contributed by atoms with van der Waals surface area (Å²) in [6, 6.07) is 1.56. The smallest absolute Gasteiger partial charge is 0.308 e. The summed E-state index contributed by atoms with van der Waals surface area (Å²) in [6.45, 7) is 4.01. The molecule has 0 fully saturated rings. The highest BCUT2D eigenvalue weighted by molar-refractivity contribution is 9.10. The molecule has 1 aromatic rings. The molecular weight excluding hydrogens is 290 g/mol. The van der Waals surface area contributed by atoms with Gasteiger partial charge in [0.15, 0.2) is 4.67 Å². The summed E-state index contributed by atoms with van der Waals surface area (Å²) in [4.78, 5) is 24.3. The molecule has 0 saturated carbocycles. The maximum absolute atomic E-state index is 12.1. The molecule has 1 aromatic heterocycles. The minimum Gasteiger partial charge on any atom is -0.481 e. The van der Waals surface area contributed by atoms with Crippen molar-refractivity contribution in [1.82, 2.24) is 4.90 Å². The highest BCUT2D eigenvalue weighted by atomic mass is 79.9. The first-order chi connectivity index (χ1) is 7.97. The van der Waals surface area contributed by atoms with Gasteiger partial charge in [-0.1, -0.05) is 6.92 Å². The molecule has 1 unspecified atom stereocenters. The fraction of sp³-hybridized carbons (Fsp3) is 0.455. The van der Waals surface area contributed by atoms with E-state index in [0.29, 0.717) is 16.8 Å². The normalized spacial score (nSPS) is 12.2. The molecule has 1 amide bonds. The molecule has 0 saturated heterocycles. The first kappa shape index (κ1) is 13.8. The van der Waals surface area contributed by atoms with Crippen LogP contribution < -0.4 is 0 Å². The summed E-state index contributed by atoms with van der Waals surface area (Å²) >= 11 is 3.13. The van der Waals surface area contributed by atoms with Gasteiger partial charge in [0.25, 0.3) is 5.91 Å². The van der Waals surface area contributed by atoms with Crippen LogP contribution in [-0.4, -0.2) is 35.0 Å². The second-order valence-electron chi connectivity index (χ2n) is 3.69. The predicted octanol–water partition coefficient (Wildman–Crippen LogP) is 2.22. The molecule has 0 aromatic carbocycles. The molecular formula is C11H14BrNO4. The number of carbonyl (C=O) groups is 2. The van der Waals surface area contributed by atoms with Crippen LogP contribution in [-0.2, 0) is 4.79 Å². The van der Waals surface area contributed by atoms with E-state index in [1.807, 2.05) is 0 Å². The Hall–Kier alpha value is -1.30. The summed E-state index contributed by atoms with van der Waals surface area (Å²) in [5.74, 6) is -1.74. The average molecular weight is 304 g/mol. The van der Waals surface area contributed by atoms with Gasteiger partial charge in [-0.15, -0.1) is 0 Å². The Bertz CT molecular complexity index is 415. The number of aliphatic carboxylic acids is 1. The molecule has 0 aliphatic carbocycles. The predicted molar refractivity (Wildman–Crippen MR) is 64.8 cm³/mol. The number of amides is 1. The van der Waals surface area contributed by atoms with E-state index >= 15 is 0 Å². The maximum atomic E-state index is 12.1. The molecule has 94 valence electrons. The van der Waals surface area contributed by atoms with Crippen LogP contribution in [0.1, 0.15) is 24.2 Å². The topological polar surface area (TPSA) is 70.8 Å². The molecule has 0 bridgehead atoms. The van der Waals surface area contributed by atoms with Crippen molar-refractivity contribution in [2.24, 2.45) is 5.92 Å². The lowest BCUT2D eigenvalue weighted by molar-refractivity contribution is -0.141. The van der Waals surface area contributed by atoms with E-state index < -0.39 is 11.9 Å². The maximum Gasteiger partial charge on any atom is 0.308 e. The van der Waals surface area contributed by atoms with Crippen molar-refractivity contribution in [3.8, 4) is 0 Å². The zero-order valence-electron chi connectivity index (χ0n) is 9.64. The summed E-state index contributed by atoms with van der Waals surface area (Å²) in [7, 11) is 0. The van der Waals surface area contributed by atoms with Crippen molar-refractivity contribution in [2.45, 2.75) is 13.8 Å². The zero-order chi connectivity index (χ0) is 13.0. The number of carbonyl (C=O) groups excluding carboxylic acids is 1. The number of carboxylic acids is 1. The molecule has 0 aliphatic rings. The van der Waals surface area contributed by atoms with Crippen LogP contribution in [0.4, 0.5) is 0 Å². The second-order valence-corrected chi connectivity index (χ2v) is 4.41. The van der Waals surface area contributed by atoms with E-state index in [1.165, 1.54) is 11.2 Å². The van der Waals surface area contributed by atoms with Crippen molar-refractivity contribution in [3.05, 3.63) is 22.6 Å². The van der Waals surface area contributed by atoms with E-state index in [4.69, 9.17) is 9.52 Å². The minimum absolute atomic E-state index is 0.183. The number of hydrogen-bond donors (Lipinski definition) is 1. The minimum atomic E-state index is -0.914. The van der Waals surface area contributed by atoms with Gasteiger partial charge in [0.05, 0.1) is 17.7 Å².